The summed E-state index contributed by atoms with van der Waals surface area (Å²) in [5.41, 5.74) is 3.30. The van der Waals surface area contributed by atoms with Crippen molar-refractivity contribution in [2.75, 3.05) is 19.5 Å². The Morgan fingerprint density at radius 3 is 2.52 bits per heavy atom. The Balaban J connectivity index is 1.55. The molecule has 4 rings (SSSR count). The molecule has 0 unspecified atom stereocenters. The third-order valence-electron chi connectivity index (χ3n) is 4.39. The van der Waals surface area contributed by atoms with Crippen LogP contribution >= 0.6 is 15.9 Å². The number of halogens is 1. The number of amides is 1. The van der Waals surface area contributed by atoms with Gasteiger partial charge in [-0.3, -0.25) is 4.79 Å². The number of hydrogen-bond donors (Lipinski definition) is 1. The molecule has 0 fully saturated rings. The van der Waals surface area contributed by atoms with E-state index in [1.807, 2.05) is 36.4 Å². The Hall–Kier alpha value is -3.32. The lowest BCUT2D eigenvalue weighted by Crippen LogP contribution is -2.13. The van der Waals surface area contributed by atoms with Crippen LogP contribution in [0.1, 0.15) is 10.4 Å². The zero-order valence-electron chi connectivity index (χ0n) is 15.7. The van der Waals surface area contributed by atoms with Crippen molar-refractivity contribution < 1.29 is 18.7 Å². The summed E-state index contributed by atoms with van der Waals surface area (Å²) >= 11 is 3.38. The van der Waals surface area contributed by atoms with Crippen LogP contribution in [0.5, 0.6) is 11.5 Å². The number of nitrogens with one attached hydrogen (secondary N) is 1. The number of carbonyl (C=O) groups excluding carboxylic acids is 1. The molecule has 29 heavy (non-hydrogen) atoms. The molecule has 0 radical (unpaired) electrons. The van der Waals surface area contributed by atoms with Crippen LogP contribution in [0.15, 0.2) is 69.6 Å². The van der Waals surface area contributed by atoms with Gasteiger partial charge < -0.3 is 19.2 Å². The van der Waals surface area contributed by atoms with Crippen molar-refractivity contribution in [2.45, 2.75) is 0 Å². The topological polar surface area (TPSA) is 73.6 Å². The van der Waals surface area contributed by atoms with Crippen LogP contribution in [0.3, 0.4) is 0 Å². The molecule has 0 bridgehead atoms. The maximum Gasteiger partial charge on any atom is 0.259 e. The minimum Gasteiger partial charge on any atom is -0.497 e. The fraction of sp³-hybridized carbons (Fsp3) is 0.0909. The average molecular weight is 453 g/mol. The van der Waals surface area contributed by atoms with Crippen molar-refractivity contribution in [1.82, 2.24) is 4.98 Å². The molecule has 4 aromatic rings. The number of benzene rings is 3. The monoisotopic (exact) mass is 452 g/mol. The maximum atomic E-state index is 12.6. The Morgan fingerprint density at radius 1 is 1.00 bits per heavy atom. The van der Waals surface area contributed by atoms with Crippen LogP contribution in [0.4, 0.5) is 5.69 Å². The Morgan fingerprint density at radius 2 is 1.79 bits per heavy atom. The first-order chi connectivity index (χ1) is 14.1. The lowest BCUT2D eigenvalue weighted by Gasteiger charge is -2.10. The van der Waals surface area contributed by atoms with Crippen molar-refractivity contribution in [3.05, 3.63) is 70.7 Å². The molecule has 0 aliphatic carbocycles. The first kappa shape index (κ1) is 19.0. The standard InChI is InChI=1S/C22H17BrN2O4/c1-27-16-8-10-20-18(12-16)25-22(29-20)13-3-6-15(7-4-13)24-21(26)17-11-14(23)5-9-19(17)28-2/h3-12H,1-2H3,(H,24,26). The second-order valence-corrected chi connectivity index (χ2v) is 7.14. The van der Waals surface area contributed by atoms with Gasteiger partial charge in [0.05, 0.1) is 19.8 Å². The number of aromatic nitrogens is 1. The summed E-state index contributed by atoms with van der Waals surface area (Å²) in [6, 6.07) is 18.0. The number of anilines is 1. The molecule has 1 N–H and O–H groups in total. The number of rotatable bonds is 5. The van der Waals surface area contributed by atoms with Crippen LogP contribution in [0.2, 0.25) is 0 Å². The second-order valence-electron chi connectivity index (χ2n) is 6.23. The third-order valence-corrected chi connectivity index (χ3v) is 4.88. The van der Waals surface area contributed by atoms with Gasteiger partial charge in [-0.15, -0.1) is 0 Å². The quantitative estimate of drug-likeness (QED) is 0.431. The van der Waals surface area contributed by atoms with Gasteiger partial charge in [-0.25, -0.2) is 4.98 Å². The summed E-state index contributed by atoms with van der Waals surface area (Å²) in [7, 11) is 3.14. The predicted octanol–water partition coefficient (Wildman–Crippen LogP) is 5.53. The molecule has 0 saturated heterocycles. The molecule has 146 valence electrons. The lowest BCUT2D eigenvalue weighted by molar-refractivity contribution is 0.102. The highest BCUT2D eigenvalue weighted by Crippen LogP contribution is 2.28. The van der Waals surface area contributed by atoms with E-state index < -0.39 is 0 Å². The van der Waals surface area contributed by atoms with Gasteiger partial charge in [-0.05, 0) is 54.6 Å². The van der Waals surface area contributed by atoms with Crippen molar-refractivity contribution >= 4 is 38.6 Å². The molecular formula is C22H17BrN2O4. The Labute approximate surface area is 175 Å². The number of carbonyl (C=O) groups is 1. The van der Waals surface area contributed by atoms with E-state index in [0.717, 1.165) is 21.3 Å². The van der Waals surface area contributed by atoms with Crippen LogP contribution in [-0.2, 0) is 0 Å². The Bertz CT molecular complexity index is 1190. The summed E-state index contributed by atoms with van der Waals surface area (Å²) in [6.45, 7) is 0. The van der Waals surface area contributed by atoms with Crippen LogP contribution in [-0.4, -0.2) is 25.1 Å². The van der Waals surface area contributed by atoms with E-state index in [1.54, 1.807) is 31.4 Å². The molecule has 1 aromatic heterocycles. The highest BCUT2D eigenvalue weighted by atomic mass is 79.9. The SMILES string of the molecule is COc1ccc2oc(-c3ccc(NC(=O)c4cc(Br)ccc4OC)cc3)nc2c1. The minimum atomic E-state index is -0.259. The van der Waals surface area contributed by atoms with Gasteiger partial charge in [0.15, 0.2) is 5.58 Å². The first-order valence-corrected chi connectivity index (χ1v) is 9.56. The largest absolute Gasteiger partial charge is 0.497 e. The van der Waals surface area contributed by atoms with Crippen LogP contribution < -0.4 is 14.8 Å². The van der Waals surface area contributed by atoms with E-state index in [1.165, 1.54) is 7.11 Å². The van der Waals surface area contributed by atoms with E-state index in [0.29, 0.717) is 28.5 Å². The van der Waals surface area contributed by atoms with Crippen LogP contribution in [0.25, 0.3) is 22.6 Å². The zero-order valence-corrected chi connectivity index (χ0v) is 17.3. The summed E-state index contributed by atoms with van der Waals surface area (Å²) in [4.78, 5) is 17.1. The summed E-state index contributed by atoms with van der Waals surface area (Å²) in [5.74, 6) is 1.47. The van der Waals surface area contributed by atoms with Gasteiger partial charge in [0.25, 0.3) is 5.91 Å². The number of nitrogens with zero attached hydrogens (tertiary/aromatic N) is 1. The molecule has 0 aliphatic rings. The molecule has 0 saturated carbocycles. The van der Waals surface area contributed by atoms with Crippen molar-refractivity contribution in [2.24, 2.45) is 0 Å². The molecule has 1 amide bonds. The third kappa shape index (κ3) is 3.95. The number of ether oxygens (including phenoxy) is 2. The number of oxazole rings is 1. The second kappa shape index (κ2) is 7.97. The molecule has 0 spiro atoms. The predicted molar refractivity (Wildman–Crippen MR) is 115 cm³/mol. The van der Waals surface area contributed by atoms with E-state index in [4.69, 9.17) is 13.9 Å². The van der Waals surface area contributed by atoms with E-state index in [9.17, 15) is 4.79 Å². The van der Waals surface area contributed by atoms with E-state index in [2.05, 4.69) is 26.2 Å². The molecule has 6 nitrogen and oxygen atoms in total. The smallest absolute Gasteiger partial charge is 0.259 e. The van der Waals surface area contributed by atoms with Crippen molar-refractivity contribution in [1.29, 1.82) is 0 Å². The van der Waals surface area contributed by atoms with E-state index in [-0.39, 0.29) is 5.91 Å². The van der Waals surface area contributed by atoms with Gasteiger partial charge in [-0.1, -0.05) is 15.9 Å². The maximum absolute atomic E-state index is 12.6. The lowest BCUT2D eigenvalue weighted by atomic mass is 10.1. The number of hydrogen-bond acceptors (Lipinski definition) is 5. The zero-order chi connectivity index (χ0) is 20.4. The molecule has 7 heteroatoms. The summed E-state index contributed by atoms with van der Waals surface area (Å²) in [6.07, 6.45) is 0. The Kier molecular flexibility index (Phi) is 5.22. The normalized spacial score (nSPS) is 10.7. The number of methoxy groups -OCH3 is 2. The van der Waals surface area contributed by atoms with E-state index >= 15 is 0 Å². The fourth-order valence-electron chi connectivity index (χ4n) is 2.91. The summed E-state index contributed by atoms with van der Waals surface area (Å²) in [5, 5.41) is 2.87. The fourth-order valence-corrected chi connectivity index (χ4v) is 3.27. The molecule has 3 aromatic carbocycles. The van der Waals surface area contributed by atoms with Crippen molar-refractivity contribution in [3.8, 4) is 23.0 Å². The summed E-state index contributed by atoms with van der Waals surface area (Å²) < 4.78 is 17.1. The highest BCUT2D eigenvalue weighted by Gasteiger charge is 2.14. The van der Waals surface area contributed by atoms with Crippen LogP contribution in [0, 0.1) is 0 Å². The van der Waals surface area contributed by atoms with Gasteiger partial charge in [0.2, 0.25) is 5.89 Å². The molecule has 0 aliphatic heterocycles. The average Bonchev–Trinajstić information content (AvgIpc) is 3.17. The van der Waals surface area contributed by atoms with Crippen molar-refractivity contribution in [3.63, 3.8) is 0 Å². The van der Waals surface area contributed by atoms with Gasteiger partial charge >= 0.3 is 0 Å². The number of fused-ring (bicyclic) bond motifs is 1. The first-order valence-electron chi connectivity index (χ1n) is 8.77. The van der Waals surface area contributed by atoms with Gasteiger partial charge in [0, 0.05) is 21.8 Å². The highest BCUT2D eigenvalue weighted by molar-refractivity contribution is 9.10. The van der Waals surface area contributed by atoms with Gasteiger partial charge in [0.1, 0.15) is 17.0 Å². The molecule has 1 heterocycles. The van der Waals surface area contributed by atoms with Gasteiger partial charge in [-0.2, -0.15) is 0 Å². The molecule has 0 atom stereocenters. The minimum absolute atomic E-state index is 0.259. The molecular weight excluding hydrogens is 436 g/mol.